The van der Waals surface area contributed by atoms with Gasteiger partial charge in [-0.15, -0.1) is 11.3 Å². The molecule has 0 bridgehead atoms. The summed E-state index contributed by atoms with van der Waals surface area (Å²) >= 11 is 7.82. The first-order chi connectivity index (χ1) is 9.84. The number of benzene rings is 1. The van der Waals surface area contributed by atoms with Crippen LogP contribution in [0.3, 0.4) is 0 Å². The molecule has 1 aromatic carbocycles. The molecule has 3 aromatic rings. The summed E-state index contributed by atoms with van der Waals surface area (Å²) in [6.07, 6.45) is 3.84. The van der Waals surface area contributed by atoms with E-state index < -0.39 is 0 Å². The Morgan fingerprint density at radius 1 is 1.20 bits per heavy atom. The Kier molecular flexibility index (Phi) is 4.04. The minimum atomic E-state index is 0.747. The smallest absolute Gasteiger partial charge is 0.150 e. The first-order valence-corrected chi connectivity index (χ1v) is 7.64. The molecule has 0 aliphatic heterocycles. The lowest BCUT2D eigenvalue weighted by Crippen LogP contribution is -2.10. The molecular weight excluding hydrogens is 290 g/mol. The molecular formula is C15H14ClN3S. The van der Waals surface area contributed by atoms with Gasteiger partial charge in [-0.25, -0.2) is 4.98 Å². The largest absolute Gasteiger partial charge is 0.382 e. The molecule has 0 fully saturated rings. The van der Waals surface area contributed by atoms with Crippen molar-refractivity contribution in [2.45, 2.75) is 6.54 Å². The second-order valence-corrected chi connectivity index (χ2v) is 5.68. The maximum Gasteiger partial charge on any atom is 0.150 e. The normalized spacial score (nSPS) is 10.7. The molecule has 2 aromatic heterocycles. The number of hydrogen-bond donors (Lipinski definition) is 1. The van der Waals surface area contributed by atoms with Crippen LogP contribution in [0.5, 0.6) is 0 Å². The van der Waals surface area contributed by atoms with Crippen LogP contribution in [0.25, 0.3) is 10.7 Å². The number of anilines is 1. The highest BCUT2D eigenvalue weighted by molar-refractivity contribution is 7.13. The van der Waals surface area contributed by atoms with Gasteiger partial charge < -0.3 is 9.88 Å². The van der Waals surface area contributed by atoms with Gasteiger partial charge in [-0.1, -0.05) is 29.8 Å². The van der Waals surface area contributed by atoms with Gasteiger partial charge in [-0.3, -0.25) is 0 Å². The van der Waals surface area contributed by atoms with Crippen molar-refractivity contribution in [3.63, 3.8) is 0 Å². The zero-order valence-electron chi connectivity index (χ0n) is 10.8. The average molecular weight is 304 g/mol. The van der Waals surface area contributed by atoms with Crippen LogP contribution in [0.15, 0.2) is 54.2 Å². The molecule has 3 rings (SSSR count). The Morgan fingerprint density at radius 2 is 2.10 bits per heavy atom. The number of halogens is 1. The van der Waals surface area contributed by atoms with Gasteiger partial charge in [0.25, 0.3) is 0 Å². The topological polar surface area (TPSA) is 29.9 Å². The van der Waals surface area contributed by atoms with E-state index in [1.807, 2.05) is 42.7 Å². The predicted octanol–water partition coefficient (Wildman–Crippen LogP) is 4.38. The molecule has 3 nitrogen and oxygen atoms in total. The van der Waals surface area contributed by atoms with Crippen molar-refractivity contribution in [2.75, 3.05) is 11.9 Å². The molecule has 5 heteroatoms. The molecule has 0 atom stereocenters. The molecule has 0 spiro atoms. The first-order valence-electron chi connectivity index (χ1n) is 6.38. The highest BCUT2D eigenvalue weighted by atomic mass is 35.5. The number of rotatable bonds is 5. The van der Waals surface area contributed by atoms with Crippen LogP contribution < -0.4 is 5.32 Å². The molecule has 0 amide bonds. The zero-order chi connectivity index (χ0) is 13.8. The highest BCUT2D eigenvalue weighted by Gasteiger charge is 2.06. The number of aromatic nitrogens is 2. The Morgan fingerprint density at radius 3 is 2.90 bits per heavy atom. The summed E-state index contributed by atoms with van der Waals surface area (Å²) in [7, 11) is 0. The third kappa shape index (κ3) is 2.86. The van der Waals surface area contributed by atoms with E-state index in [4.69, 9.17) is 11.6 Å². The van der Waals surface area contributed by atoms with Crippen molar-refractivity contribution < 1.29 is 0 Å². The maximum atomic E-state index is 6.12. The lowest BCUT2D eigenvalue weighted by Gasteiger charge is -2.10. The van der Waals surface area contributed by atoms with E-state index in [9.17, 15) is 0 Å². The first kappa shape index (κ1) is 13.2. The Labute approximate surface area is 126 Å². The fourth-order valence-electron chi connectivity index (χ4n) is 2.04. The van der Waals surface area contributed by atoms with E-state index in [0.29, 0.717) is 0 Å². The van der Waals surface area contributed by atoms with E-state index in [1.54, 1.807) is 11.3 Å². The fourth-order valence-corrected chi connectivity index (χ4v) is 2.97. The summed E-state index contributed by atoms with van der Waals surface area (Å²) in [5.74, 6) is 1.01. The molecule has 0 aliphatic carbocycles. The van der Waals surface area contributed by atoms with E-state index in [1.165, 1.54) is 4.88 Å². The van der Waals surface area contributed by atoms with Gasteiger partial charge in [0.15, 0.2) is 0 Å². The highest BCUT2D eigenvalue weighted by Crippen LogP contribution is 2.23. The number of hydrogen-bond acceptors (Lipinski definition) is 3. The summed E-state index contributed by atoms with van der Waals surface area (Å²) in [6, 6.07) is 11.9. The van der Waals surface area contributed by atoms with Gasteiger partial charge in [0, 0.05) is 25.5 Å². The standard InChI is InChI=1S/C15H14ClN3S/c16-12-4-1-2-5-13(12)17-7-9-19-10-8-18-15(19)14-6-3-11-20-14/h1-6,8,10-11,17H,7,9H2. The van der Waals surface area contributed by atoms with Crippen molar-refractivity contribution in [3.05, 3.63) is 59.2 Å². The predicted molar refractivity (Wildman–Crippen MR) is 85.5 cm³/mol. The van der Waals surface area contributed by atoms with Crippen molar-refractivity contribution in [3.8, 4) is 10.7 Å². The molecule has 0 unspecified atom stereocenters. The van der Waals surface area contributed by atoms with Crippen LogP contribution in [-0.4, -0.2) is 16.1 Å². The summed E-state index contributed by atoms with van der Waals surface area (Å²) in [5, 5.41) is 6.16. The van der Waals surface area contributed by atoms with E-state index in [0.717, 1.165) is 29.6 Å². The van der Waals surface area contributed by atoms with Crippen LogP contribution >= 0.6 is 22.9 Å². The summed E-state index contributed by atoms with van der Waals surface area (Å²) < 4.78 is 2.15. The summed E-state index contributed by atoms with van der Waals surface area (Å²) in [5.41, 5.74) is 0.965. The van der Waals surface area contributed by atoms with Gasteiger partial charge in [0.1, 0.15) is 5.82 Å². The Balaban J connectivity index is 1.65. The molecule has 102 valence electrons. The van der Waals surface area contributed by atoms with Crippen LogP contribution in [-0.2, 0) is 6.54 Å². The number of para-hydroxylation sites is 1. The van der Waals surface area contributed by atoms with Crippen molar-refractivity contribution >= 4 is 28.6 Å². The molecule has 0 saturated heterocycles. The van der Waals surface area contributed by atoms with Gasteiger partial charge in [-0.2, -0.15) is 0 Å². The number of nitrogens with zero attached hydrogens (tertiary/aromatic N) is 2. The Hall–Kier alpha value is -1.78. The van der Waals surface area contributed by atoms with Gasteiger partial charge in [0.2, 0.25) is 0 Å². The minimum Gasteiger partial charge on any atom is -0.382 e. The van der Waals surface area contributed by atoms with E-state index in [2.05, 4.69) is 26.3 Å². The quantitative estimate of drug-likeness (QED) is 0.758. The monoisotopic (exact) mass is 303 g/mol. The zero-order valence-corrected chi connectivity index (χ0v) is 12.4. The summed E-state index contributed by atoms with van der Waals surface area (Å²) in [4.78, 5) is 5.61. The van der Waals surface area contributed by atoms with Crippen LogP contribution in [0.2, 0.25) is 5.02 Å². The molecule has 20 heavy (non-hydrogen) atoms. The average Bonchev–Trinajstić information content (AvgIpc) is 3.11. The van der Waals surface area contributed by atoms with Crippen molar-refractivity contribution in [2.24, 2.45) is 0 Å². The minimum absolute atomic E-state index is 0.747. The fraction of sp³-hybridized carbons (Fsp3) is 0.133. The van der Waals surface area contributed by atoms with Crippen molar-refractivity contribution in [1.82, 2.24) is 9.55 Å². The maximum absolute atomic E-state index is 6.12. The molecule has 0 aliphatic rings. The number of thiophene rings is 1. The lowest BCUT2D eigenvalue weighted by molar-refractivity contribution is 0.736. The lowest BCUT2D eigenvalue weighted by atomic mass is 10.3. The van der Waals surface area contributed by atoms with Crippen LogP contribution in [0.1, 0.15) is 0 Å². The van der Waals surface area contributed by atoms with Gasteiger partial charge in [-0.05, 0) is 23.6 Å². The second-order valence-electron chi connectivity index (χ2n) is 4.33. The van der Waals surface area contributed by atoms with Gasteiger partial charge in [0.05, 0.1) is 15.6 Å². The van der Waals surface area contributed by atoms with Crippen LogP contribution in [0, 0.1) is 0 Å². The SMILES string of the molecule is Clc1ccccc1NCCn1ccnc1-c1cccs1. The van der Waals surface area contributed by atoms with E-state index >= 15 is 0 Å². The molecule has 2 heterocycles. The molecule has 0 radical (unpaired) electrons. The third-order valence-electron chi connectivity index (χ3n) is 3.00. The molecule has 0 saturated carbocycles. The number of imidazole rings is 1. The van der Waals surface area contributed by atoms with E-state index in [-0.39, 0.29) is 0 Å². The number of nitrogens with one attached hydrogen (secondary N) is 1. The van der Waals surface area contributed by atoms with Crippen LogP contribution in [0.4, 0.5) is 5.69 Å². The Bertz CT molecular complexity index is 676. The molecule has 1 N–H and O–H groups in total. The van der Waals surface area contributed by atoms with Gasteiger partial charge >= 0.3 is 0 Å². The summed E-state index contributed by atoms with van der Waals surface area (Å²) in [6.45, 7) is 1.65. The van der Waals surface area contributed by atoms with Crippen molar-refractivity contribution in [1.29, 1.82) is 0 Å². The third-order valence-corrected chi connectivity index (χ3v) is 4.19. The second kappa shape index (κ2) is 6.11.